The van der Waals surface area contributed by atoms with Crippen molar-refractivity contribution in [3.8, 4) is 22.9 Å². The minimum Gasteiger partial charge on any atom is -0.436 e. The number of alkyl halides is 6. The molecule has 4 N–H and O–H groups in total. The fraction of sp³-hybridized carbons (Fsp3) is 0.0690. The summed E-state index contributed by atoms with van der Waals surface area (Å²) in [6, 6.07) is 15.6. The average molecular weight is 582 g/mol. The van der Waals surface area contributed by atoms with Crippen LogP contribution in [0.1, 0.15) is 27.0 Å². The number of nitrogen functional groups attached to an aromatic ring is 2. The molecule has 212 valence electrons. The topological polar surface area (TPSA) is 121 Å². The van der Waals surface area contributed by atoms with E-state index in [2.05, 4.69) is 9.97 Å². The van der Waals surface area contributed by atoms with Gasteiger partial charge in [-0.05, 0) is 60.7 Å². The first-order chi connectivity index (χ1) is 19.8. The van der Waals surface area contributed by atoms with Gasteiger partial charge in [0.25, 0.3) is 0 Å². The van der Waals surface area contributed by atoms with Crippen molar-refractivity contribution in [2.75, 3.05) is 11.5 Å². The van der Waals surface area contributed by atoms with E-state index < -0.39 is 40.6 Å². The highest BCUT2D eigenvalue weighted by Gasteiger charge is 2.38. The zero-order chi connectivity index (χ0) is 30.0. The molecule has 13 heteroatoms. The van der Waals surface area contributed by atoms with Crippen LogP contribution in [0, 0.1) is 0 Å². The van der Waals surface area contributed by atoms with Crippen molar-refractivity contribution in [3.63, 3.8) is 0 Å². The molecule has 6 aromatic rings. The standard InChI is InChI=1S/C29H16F6N4O3/c30-28(31,32)23-15(3-1-5-17(23)36)26-38-19-9-7-13(11-21(19)41-26)25(40)14-8-10-20-22(12-14)42-27(39-20)16-4-2-6-18(37)24(16)29(33,34)35/h1-12H,36-37H2. The lowest BCUT2D eigenvalue weighted by molar-refractivity contribution is -0.137. The maximum atomic E-state index is 13.6. The van der Waals surface area contributed by atoms with Gasteiger partial charge in [-0.2, -0.15) is 26.3 Å². The van der Waals surface area contributed by atoms with E-state index in [0.717, 1.165) is 12.1 Å². The summed E-state index contributed by atoms with van der Waals surface area (Å²) < 4.78 is 93.1. The second-order valence-corrected chi connectivity index (χ2v) is 9.27. The molecule has 0 bridgehead atoms. The highest BCUT2D eigenvalue weighted by Crippen LogP contribution is 2.42. The highest BCUT2D eigenvalue weighted by atomic mass is 19.4. The van der Waals surface area contributed by atoms with Crippen molar-refractivity contribution in [1.29, 1.82) is 0 Å². The smallest absolute Gasteiger partial charge is 0.419 e. The van der Waals surface area contributed by atoms with E-state index in [9.17, 15) is 31.1 Å². The summed E-state index contributed by atoms with van der Waals surface area (Å²) in [7, 11) is 0. The number of fused-ring (bicyclic) bond motifs is 2. The molecule has 0 radical (unpaired) electrons. The van der Waals surface area contributed by atoms with Crippen LogP contribution in [0.2, 0.25) is 0 Å². The maximum absolute atomic E-state index is 13.6. The number of halogens is 6. The Morgan fingerprint density at radius 3 is 1.40 bits per heavy atom. The fourth-order valence-corrected chi connectivity index (χ4v) is 4.66. The summed E-state index contributed by atoms with van der Waals surface area (Å²) in [5, 5.41) is 0. The first kappa shape index (κ1) is 26.9. The Morgan fingerprint density at radius 1 is 0.619 bits per heavy atom. The van der Waals surface area contributed by atoms with E-state index in [-0.39, 0.29) is 56.2 Å². The van der Waals surface area contributed by atoms with Gasteiger partial charge in [-0.25, -0.2) is 9.97 Å². The molecule has 0 spiro atoms. The van der Waals surface area contributed by atoms with Gasteiger partial charge in [-0.3, -0.25) is 4.79 Å². The summed E-state index contributed by atoms with van der Waals surface area (Å²) in [6.07, 6.45) is -9.52. The number of anilines is 2. The lowest BCUT2D eigenvalue weighted by Crippen LogP contribution is -2.10. The number of ketones is 1. The van der Waals surface area contributed by atoms with Crippen molar-refractivity contribution >= 4 is 39.4 Å². The molecular formula is C29H16F6N4O3. The van der Waals surface area contributed by atoms with Crippen molar-refractivity contribution in [1.82, 2.24) is 9.97 Å². The molecule has 2 aromatic heterocycles. The Labute approximate surface area is 231 Å². The largest absolute Gasteiger partial charge is 0.436 e. The summed E-state index contributed by atoms with van der Waals surface area (Å²) in [5.41, 5.74) is 8.01. The summed E-state index contributed by atoms with van der Waals surface area (Å²) in [4.78, 5) is 21.6. The summed E-state index contributed by atoms with van der Waals surface area (Å²) >= 11 is 0. The van der Waals surface area contributed by atoms with Crippen LogP contribution < -0.4 is 11.5 Å². The maximum Gasteiger partial charge on any atom is 0.419 e. The van der Waals surface area contributed by atoms with Crippen LogP contribution in [0.5, 0.6) is 0 Å². The van der Waals surface area contributed by atoms with E-state index in [1.807, 2.05) is 0 Å². The predicted molar refractivity (Wildman–Crippen MR) is 141 cm³/mol. The van der Waals surface area contributed by atoms with E-state index >= 15 is 0 Å². The highest BCUT2D eigenvalue weighted by molar-refractivity contribution is 6.11. The number of hydrogen-bond donors (Lipinski definition) is 2. The summed E-state index contributed by atoms with van der Waals surface area (Å²) in [5.74, 6) is -1.18. The zero-order valence-electron chi connectivity index (χ0n) is 21.0. The number of aromatic nitrogens is 2. The van der Waals surface area contributed by atoms with Gasteiger partial charge in [-0.15, -0.1) is 0 Å². The molecule has 0 aliphatic rings. The molecule has 0 aliphatic carbocycles. The van der Waals surface area contributed by atoms with Gasteiger partial charge in [0.2, 0.25) is 11.8 Å². The van der Waals surface area contributed by atoms with Crippen LogP contribution in [0.25, 0.3) is 45.1 Å². The molecule has 0 amide bonds. The Hall–Kier alpha value is -5.33. The lowest BCUT2D eigenvalue weighted by Gasteiger charge is -2.12. The molecule has 7 nitrogen and oxygen atoms in total. The number of carbonyl (C=O) groups excluding carboxylic acids is 1. The Morgan fingerprint density at radius 2 is 1.02 bits per heavy atom. The predicted octanol–water partition coefficient (Wildman–Crippen LogP) is 7.74. The van der Waals surface area contributed by atoms with Crippen molar-refractivity contribution in [3.05, 3.63) is 95.1 Å². The second kappa shape index (κ2) is 9.36. The zero-order valence-corrected chi connectivity index (χ0v) is 21.0. The third-order valence-electron chi connectivity index (χ3n) is 6.52. The second-order valence-electron chi connectivity index (χ2n) is 9.27. The first-order valence-electron chi connectivity index (χ1n) is 12.1. The van der Waals surface area contributed by atoms with Crippen molar-refractivity contribution in [2.45, 2.75) is 12.4 Å². The van der Waals surface area contributed by atoms with E-state index in [0.29, 0.717) is 0 Å². The van der Waals surface area contributed by atoms with Crippen LogP contribution in [-0.4, -0.2) is 15.8 Å². The quantitative estimate of drug-likeness (QED) is 0.124. The minimum atomic E-state index is -4.76. The SMILES string of the molecule is Nc1cccc(-c2nc3ccc(C(=O)c4ccc5nc(-c6cccc(N)c6C(F)(F)F)oc5c4)cc3o2)c1C(F)(F)F. The molecule has 2 heterocycles. The average Bonchev–Trinajstić information content (AvgIpc) is 3.54. The molecule has 42 heavy (non-hydrogen) atoms. The van der Waals surface area contributed by atoms with Gasteiger partial charge in [-0.1, -0.05) is 12.1 Å². The Balaban J connectivity index is 1.36. The van der Waals surface area contributed by atoms with Gasteiger partial charge in [0.05, 0.1) is 22.3 Å². The van der Waals surface area contributed by atoms with Gasteiger partial charge < -0.3 is 20.3 Å². The van der Waals surface area contributed by atoms with Crippen LogP contribution in [-0.2, 0) is 12.4 Å². The number of benzene rings is 4. The summed E-state index contributed by atoms with van der Waals surface area (Å²) in [6.45, 7) is 0. The number of oxazole rings is 2. The van der Waals surface area contributed by atoms with E-state index in [1.165, 1.54) is 60.7 Å². The van der Waals surface area contributed by atoms with Crippen molar-refractivity contribution in [2.24, 2.45) is 0 Å². The Kier molecular flexibility index (Phi) is 5.99. The van der Waals surface area contributed by atoms with Crippen LogP contribution in [0.4, 0.5) is 37.7 Å². The molecule has 0 saturated carbocycles. The molecule has 0 saturated heterocycles. The molecule has 0 atom stereocenters. The first-order valence-corrected chi connectivity index (χ1v) is 12.1. The Bertz CT molecular complexity index is 1880. The van der Waals surface area contributed by atoms with Gasteiger partial charge >= 0.3 is 12.4 Å². The number of rotatable bonds is 4. The third kappa shape index (κ3) is 4.58. The fourth-order valence-electron chi connectivity index (χ4n) is 4.66. The van der Waals surface area contributed by atoms with E-state index in [4.69, 9.17) is 20.3 Å². The van der Waals surface area contributed by atoms with Crippen LogP contribution in [0.15, 0.2) is 81.6 Å². The molecule has 4 aromatic carbocycles. The number of nitrogens with zero attached hydrogens (tertiary/aromatic N) is 2. The number of hydrogen-bond acceptors (Lipinski definition) is 7. The van der Waals surface area contributed by atoms with Gasteiger partial charge in [0.1, 0.15) is 11.0 Å². The number of nitrogens with two attached hydrogens (primary N) is 2. The van der Waals surface area contributed by atoms with Gasteiger partial charge in [0, 0.05) is 22.5 Å². The normalized spacial score (nSPS) is 12.3. The van der Waals surface area contributed by atoms with E-state index in [1.54, 1.807) is 0 Å². The monoisotopic (exact) mass is 582 g/mol. The molecule has 0 fully saturated rings. The third-order valence-corrected chi connectivity index (χ3v) is 6.52. The van der Waals surface area contributed by atoms with Crippen molar-refractivity contribution < 1.29 is 40.0 Å². The molecule has 0 unspecified atom stereocenters. The lowest BCUT2D eigenvalue weighted by atomic mass is 10.0. The minimum absolute atomic E-state index is 0.0516. The van der Waals surface area contributed by atoms with Crippen LogP contribution in [0.3, 0.4) is 0 Å². The molecular weight excluding hydrogens is 566 g/mol. The number of carbonyl (C=O) groups is 1. The van der Waals surface area contributed by atoms with Gasteiger partial charge in [0.15, 0.2) is 16.9 Å². The van der Waals surface area contributed by atoms with Crippen LogP contribution >= 0.6 is 0 Å². The molecule has 0 aliphatic heterocycles. The molecule has 6 rings (SSSR count).